The standard InChI is InChI=1S/C33H28N4O2/c1-21-8-4-7-11-30(21)37-31(26-16-34-36(17-26)27-19-39-20-27)15-28-29(18-35(3)33(38)32(28)37)22(2)24-13-12-23-9-5-6-10-25(23)14-24/h4-18,27H,2,19-20H2,1,3H3. The number of nitrogens with zero attached hydrogens (tertiary/aromatic N) is 4. The summed E-state index contributed by atoms with van der Waals surface area (Å²) < 4.78 is 11.1. The van der Waals surface area contributed by atoms with Crippen LogP contribution in [0, 0.1) is 6.92 Å². The van der Waals surface area contributed by atoms with Gasteiger partial charge in [0.25, 0.3) is 5.56 Å². The molecule has 0 radical (unpaired) electrons. The zero-order valence-corrected chi connectivity index (χ0v) is 22.0. The first-order chi connectivity index (χ1) is 19.0. The van der Waals surface area contributed by atoms with Gasteiger partial charge in [0.05, 0.1) is 31.1 Å². The minimum atomic E-state index is -0.0608. The molecule has 6 heteroatoms. The number of fused-ring (bicyclic) bond motifs is 2. The van der Waals surface area contributed by atoms with E-state index >= 15 is 0 Å². The van der Waals surface area contributed by atoms with Gasteiger partial charge >= 0.3 is 0 Å². The maximum absolute atomic E-state index is 13.8. The third-order valence-corrected chi connectivity index (χ3v) is 7.81. The van der Waals surface area contributed by atoms with E-state index in [1.807, 2.05) is 48.4 Å². The average Bonchev–Trinajstić information content (AvgIpc) is 3.55. The number of aryl methyl sites for hydroxylation is 2. The highest BCUT2D eigenvalue weighted by molar-refractivity contribution is 6.00. The second-order valence-electron chi connectivity index (χ2n) is 10.3. The number of ether oxygens (including phenoxy) is 1. The van der Waals surface area contributed by atoms with E-state index in [0.717, 1.165) is 50.0 Å². The molecule has 4 heterocycles. The van der Waals surface area contributed by atoms with E-state index in [9.17, 15) is 4.79 Å². The molecule has 0 bridgehead atoms. The Bertz CT molecular complexity index is 1970. The molecule has 1 aliphatic heterocycles. The predicted molar refractivity (Wildman–Crippen MR) is 156 cm³/mol. The molecule has 3 aromatic heterocycles. The van der Waals surface area contributed by atoms with Crippen LogP contribution in [-0.2, 0) is 11.8 Å². The number of rotatable bonds is 5. The molecule has 0 atom stereocenters. The first kappa shape index (κ1) is 23.4. The van der Waals surface area contributed by atoms with Gasteiger partial charge in [-0.25, -0.2) is 0 Å². The summed E-state index contributed by atoms with van der Waals surface area (Å²) in [6, 6.07) is 25.2. The van der Waals surface area contributed by atoms with Gasteiger partial charge in [0.15, 0.2) is 0 Å². The first-order valence-electron chi connectivity index (χ1n) is 13.1. The maximum Gasteiger partial charge on any atom is 0.275 e. The minimum absolute atomic E-state index is 0.0608. The van der Waals surface area contributed by atoms with Gasteiger partial charge in [0, 0.05) is 41.6 Å². The molecular formula is C33H28N4O2. The lowest BCUT2D eigenvalue weighted by Crippen LogP contribution is -2.30. The summed E-state index contributed by atoms with van der Waals surface area (Å²) in [5, 5.41) is 7.85. The van der Waals surface area contributed by atoms with Crippen LogP contribution in [-0.4, -0.2) is 32.1 Å². The third kappa shape index (κ3) is 3.75. The van der Waals surface area contributed by atoms with Gasteiger partial charge in [-0.2, -0.15) is 5.10 Å². The number of para-hydroxylation sites is 1. The number of benzene rings is 3. The first-order valence-corrected chi connectivity index (χ1v) is 13.1. The van der Waals surface area contributed by atoms with Gasteiger partial charge in [-0.15, -0.1) is 0 Å². The lowest BCUT2D eigenvalue weighted by molar-refractivity contribution is -0.0286. The van der Waals surface area contributed by atoms with E-state index in [0.29, 0.717) is 18.7 Å². The van der Waals surface area contributed by atoms with Crippen LogP contribution in [0.25, 0.3) is 44.2 Å². The molecule has 1 saturated heterocycles. The zero-order valence-electron chi connectivity index (χ0n) is 22.0. The minimum Gasteiger partial charge on any atom is -0.377 e. The van der Waals surface area contributed by atoms with E-state index in [1.165, 1.54) is 5.39 Å². The third-order valence-electron chi connectivity index (χ3n) is 7.81. The van der Waals surface area contributed by atoms with Crippen molar-refractivity contribution in [3.63, 3.8) is 0 Å². The van der Waals surface area contributed by atoms with Crippen molar-refractivity contribution in [1.29, 1.82) is 0 Å². The van der Waals surface area contributed by atoms with Crippen molar-refractivity contribution in [2.75, 3.05) is 13.2 Å². The SMILES string of the molecule is C=C(c1ccc2ccccc2c1)c1cn(C)c(=O)c2c1cc(-c1cnn(C3COC3)c1)n2-c1ccccc1C. The van der Waals surface area contributed by atoms with Crippen LogP contribution in [0.15, 0.2) is 103 Å². The lowest BCUT2D eigenvalue weighted by Gasteiger charge is -2.25. The highest BCUT2D eigenvalue weighted by atomic mass is 16.5. The van der Waals surface area contributed by atoms with Crippen molar-refractivity contribution < 1.29 is 4.74 Å². The molecule has 39 heavy (non-hydrogen) atoms. The Hall–Kier alpha value is -4.68. The van der Waals surface area contributed by atoms with E-state index in [4.69, 9.17) is 4.74 Å². The van der Waals surface area contributed by atoms with E-state index in [1.54, 1.807) is 4.57 Å². The van der Waals surface area contributed by atoms with Crippen LogP contribution in [0.1, 0.15) is 22.7 Å². The Morgan fingerprint density at radius 2 is 1.74 bits per heavy atom. The van der Waals surface area contributed by atoms with Crippen LogP contribution in [0.5, 0.6) is 0 Å². The van der Waals surface area contributed by atoms with Crippen molar-refractivity contribution in [2.24, 2.45) is 7.05 Å². The molecule has 0 spiro atoms. The Labute approximate surface area is 226 Å². The van der Waals surface area contributed by atoms with Crippen LogP contribution in [0.3, 0.4) is 0 Å². The molecule has 0 N–H and O–H groups in total. The van der Waals surface area contributed by atoms with Crippen molar-refractivity contribution in [2.45, 2.75) is 13.0 Å². The van der Waals surface area contributed by atoms with Gasteiger partial charge in [0.2, 0.25) is 0 Å². The monoisotopic (exact) mass is 512 g/mol. The summed E-state index contributed by atoms with van der Waals surface area (Å²) in [5.74, 6) is 0. The largest absolute Gasteiger partial charge is 0.377 e. The fourth-order valence-corrected chi connectivity index (χ4v) is 5.51. The smallest absolute Gasteiger partial charge is 0.275 e. The van der Waals surface area contributed by atoms with Gasteiger partial charge in [-0.1, -0.05) is 61.2 Å². The second kappa shape index (κ2) is 8.96. The highest BCUT2D eigenvalue weighted by Gasteiger charge is 2.25. The zero-order chi connectivity index (χ0) is 26.7. The summed E-state index contributed by atoms with van der Waals surface area (Å²) >= 11 is 0. The van der Waals surface area contributed by atoms with Crippen LogP contribution in [0.4, 0.5) is 0 Å². The molecule has 0 amide bonds. The van der Waals surface area contributed by atoms with E-state index in [-0.39, 0.29) is 11.6 Å². The topological polar surface area (TPSA) is 54.0 Å². The number of hydrogen-bond acceptors (Lipinski definition) is 3. The molecule has 0 unspecified atom stereocenters. The fraction of sp³-hybridized carbons (Fsp3) is 0.152. The summed E-state index contributed by atoms with van der Waals surface area (Å²) in [6.45, 7) is 7.92. The van der Waals surface area contributed by atoms with Crippen LogP contribution >= 0.6 is 0 Å². The molecule has 1 fully saturated rings. The number of hydrogen-bond donors (Lipinski definition) is 0. The van der Waals surface area contributed by atoms with E-state index in [2.05, 4.69) is 77.9 Å². The number of aromatic nitrogens is 4. The average molecular weight is 513 g/mol. The van der Waals surface area contributed by atoms with Crippen molar-refractivity contribution in [1.82, 2.24) is 18.9 Å². The quantitative estimate of drug-likeness (QED) is 0.273. The Morgan fingerprint density at radius 3 is 2.51 bits per heavy atom. The van der Waals surface area contributed by atoms with Gasteiger partial charge < -0.3 is 13.9 Å². The fourth-order valence-electron chi connectivity index (χ4n) is 5.51. The van der Waals surface area contributed by atoms with Gasteiger partial charge in [-0.3, -0.25) is 9.48 Å². The van der Waals surface area contributed by atoms with Gasteiger partial charge in [0.1, 0.15) is 5.52 Å². The molecule has 192 valence electrons. The van der Waals surface area contributed by atoms with Crippen molar-refractivity contribution in [3.8, 4) is 16.9 Å². The molecule has 6 nitrogen and oxygen atoms in total. The molecule has 7 rings (SSSR count). The Morgan fingerprint density at radius 1 is 0.974 bits per heavy atom. The van der Waals surface area contributed by atoms with E-state index < -0.39 is 0 Å². The molecule has 6 aromatic rings. The summed E-state index contributed by atoms with van der Waals surface area (Å²) in [6.07, 6.45) is 5.84. The van der Waals surface area contributed by atoms with Crippen LogP contribution < -0.4 is 5.56 Å². The van der Waals surface area contributed by atoms with Crippen LogP contribution in [0.2, 0.25) is 0 Å². The highest BCUT2D eigenvalue weighted by Crippen LogP contribution is 2.36. The normalized spacial score (nSPS) is 13.7. The number of pyridine rings is 1. The molecule has 1 aliphatic rings. The summed E-state index contributed by atoms with van der Waals surface area (Å²) in [4.78, 5) is 13.8. The lowest BCUT2D eigenvalue weighted by atomic mass is 9.96. The summed E-state index contributed by atoms with van der Waals surface area (Å²) in [5.41, 5.74) is 7.30. The molecule has 0 aliphatic carbocycles. The van der Waals surface area contributed by atoms with Crippen molar-refractivity contribution >= 4 is 27.2 Å². The molecular weight excluding hydrogens is 484 g/mol. The van der Waals surface area contributed by atoms with Gasteiger partial charge in [-0.05, 0) is 52.6 Å². The maximum atomic E-state index is 13.8. The van der Waals surface area contributed by atoms with Crippen molar-refractivity contribution in [3.05, 3.63) is 125 Å². The summed E-state index contributed by atoms with van der Waals surface area (Å²) in [7, 11) is 1.81. The Balaban J connectivity index is 1.49. The predicted octanol–water partition coefficient (Wildman–Crippen LogP) is 6.29. The molecule has 3 aromatic carbocycles. The Kier molecular flexibility index (Phi) is 5.39. The molecule has 0 saturated carbocycles. The second-order valence-corrected chi connectivity index (χ2v) is 10.3.